The SMILES string of the molecule is N#Cc1c(N)nc2c3c(N)n4c(nc3nn2c1=Nc1ccc(Cl)cc1)sc1cc([N+](=O)[O-])ccc14. The van der Waals surface area contributed by atoms with E-state index in [2.05, 4.69) is 20.1 Å². The molecule has 4 aromatic heterocycles. The van der Waals surface area contributed by atoms with Crippen molar-refractivity contribution in [2.75, 3.05) is 11.5 Å². The molecule has 0 amide bonds. The molecule has 0 unspecified atom stereocenters. The van der Waals surface area contributed by atoms with Crippen LogP contribution in [-0.4, -0.2) is 28.9 Å². The van der Waals surface area contributed by atoms with Gasteiger partial charge < -0.3 is 11.5 Å². The number of nitro groups is 1. The molecule has 14 heteroatoms. The summed E-state index contributed by atoms with van der Waals surface area (Å²) in [6.45, 7) is 0. The minimum absolute atomic E-state index is 0.0340. The molecular weight excluding hydrogens is 492 g/mol. The summed E-state index contributed by atoms with van der Waals surface area (Å²) in [5.41, 5.74) is 14.6. The van der Waals surface area contributed by atoms with Crippen LogP contribution in [0.3, 0.4) is 0 Å². The molecule has 6 rings (SSSR count). The second kappa shape index (κ2) is 7.35. The van der Waals surface area contributed by atoms with E-state index in [0.717, 1.165) is 0 Å². The van der Waals surface area contributed by atoms with Crippen LogP contribution < -0.4 is 17.0 Å². The molecule has 35 heavy (non-hydrogen) atoms. The van der Waals surface area contributed by atoms with Crippen molar-refractivity contribution in [2.24, 2.45) is 4.99 Å². The molecule has 170 valence electrons. The zero-order chi connectivity index (χ0) is 24.4. The normalized spacial score (nSPS) is 12.2. The van der Waals surface area contributed by atoms with Crippen LogP contribution in [0.4, 0.5) is 23.0 Å². The third-order valence-electron chi connectivity index (χ3n) is 5.41. The summed E-state index contributed by atoms with van der Waals surface area (Å²) < 4.78 is 3.70. The summed E-state index contributed by atoms with van der Waals surface area (Å²) in [4.78, 5) is 24.8. The number of hydrogen-bond donors (Lipinski definition) is 2. The molecule has 0 aliphatic heterocycles. The molecule has 0 spiro atoms. The van der Waals surface area contributed by atoms with Gasteiger partial charge in [-0.1, -0.05) is 22.9 Å². The van der Waals surface area contributed by atoms with Gasteiger partial charge >= 0.3 is 0 Å². The highest BCUT2D eigenvalue weighted by Gasteiger charge is 2.21. The third kappa shape index (κ3) is 3.05. The van der Waals surface area contributed by atoms with E-state index in [4.69, 9.17) is 23.1 Å². The average molecular weight is 503 g/mol. The number of benzene rings is 2. The molecule has 2 aromatic carbocycles. The zero-order valence-corrected chi connectivity index (χ0v) is 18.9. The summed E-state index contributed by atoms with van der Waals surface area (Å²) in [5, 5.41) is 26.4. The van der Waals surface area contributed by atoms with Gasteiger partial charge in [0.1, 0.15) is 28.7 Å². The highest BCUT2D eigenvalue weighted by Crippen LogP contribution is 2.34. The number of rotatable bonds is 2. The Bertz CT molecular complexity index is 1980. The predicted molar refractivity (Wildman–Crippen MR) is 131 cm³/mol. The lowest BCUT2D eigenvalue weighted by Gasteiger charge is -2.04. The van der Waals surface area contributed by atoms with E-state index in [1.54, 1.807) is 34.7 Å². The maximum atomic E-state index is 11.2. The van der Waals surface area contributed by atoms with E-state index in [1.807, 2.05) is 6.07 Å². The van der Waals surface area contributed by atoms with Gasteiger partial charge in [0, 0.05) is 17.2 Å². The van der Waals surface area contributed by atoms with Gasteiger partial charge in [0.2, 0.25) is 0 Å². The lowest BCUT2D eigenvalue weighted by atomic mass is 10.3. The van der Waals surface area contributed by atoms with Crippen molar-refractivity contribution < 1.29 is 4.92 Å². The second-order valence-electron chi connectivity index (χ2n) is 7.46. The van der Waals surface area contributed by atoms with Crippen molar-refractivity contribution in [1.82, 2.24) is 24.0 Å². The third-order valence-corrected chi connectivity index (χ3v) is 6.66. The molecular formula is C21H11ClN10O2S. The van der Waals surface area contributed by atoms with Crippen LogP contribution in [0.2, 0.25) is 5.02 Å². The molecule has 0 aliphatic rings. The Labute approximate surface area is 203 Å². The molecule has 0 fully saturated rings. The Morgan fingerprint density at radius 1 is 1.17 bits per heavy atom. The molecule has 0 bridgehead atoms. The van der Waals surface area contributed by atoms with Crippen LogP contribution >= 0.6 is 22.9 Å². The van der Waals surface area contributed by atoms with E-state index in [-0.39, 0.29) is 39.7 Å². The summed E-state index contributed by atoms with van der Waals surface area (Å²) in [5.74, 6) is 0.235. The number of hydrogen-bond acceptors (Lipinski definition) is 10. The topological polar surface area (TPSA) is 179 Å². The van der Waals surface area contributed by atoms with E-state index < -0.39 is 4.92 Å². The zero-order valence-electron chi connectivity index (χ0n) is 17.4. The first-order valence-corrected chi connectivity index (χ1v) is 11.1. The number of anilines is 2. The molecule has 12 nitrogen and oxygen atoms in total. The number of nitro benzene ring substituents is 1. The molecule has 0 saturated heterocycles. The number of nitrogen functional groups attached to an aromatic ring is 2. The molecule has 4 N–H and O–H groups in total. The van der Waals surface area contributed by atoms with Crippen LogP contribution in [0, 0.1) is 21.4 Å². The number of nitrogens with zero attached hydrogens (tertiary/aromatic N) is 8. The Kier molecular flexibility index (Phi) is 4.37. The van der Waals surface area contributed by atoms with Crippen molar-refractivity contribution >= 4 is 77.8 Å². The Morgan fingerprint density at radius 3 is 2.66 bits per heavy atom. The highest BCUT2D eigenvalue weighted by atomic mass is 35.5. The molecule has 6 aromatic rings. The number of nitriles is 1. The Hall–Kier alpha value is -4.80. The first-order chi connectivity index (χ1) is 16.9. The Balaban J connectivity index is 1.73. The second-order valence-corrected chi connectivity index (χ2v) is 8.90. The van der Waals surface area contributed by atoms with Gasteiger partial charge in [-0.3, -0.25) is 14.5 Å². The fourth-order valence-electron chi connectivity index (χ4n) is 3.83. The average Bonchev–Trinajstić information content (AvgIpc) is 3.38. The monoisotopic (exact) mass is 502 g/mol. The van der Waals surface area contributed by atoms with Crippen LogP contribution in [0.1, 0.15) is 5.56 Å². The smallest absolute Gasteiger partial charge is 0.270 e. The number of fused-ring (bicyclic) bond motifs is 6. The number of nitrogens with two attached hydrogens (primary N) is 2. The predicted octanol–water partition coefficient (Wildman–Crippen LogP) is 3.57. The van der Waals surface area contributed by atoms with E-state index in [0.29, 0.717) is 31.3 Å². The van der Waals surface area contributed by atoms with E-state index >= 15 is 0 Å². The summed E-state index contributed by atoms with van der Waals surface area (Å²) in [7, 11) is 0. The number of non-ortho nitro benzene ring substituents is 1. The number of halogens is 1. The molecule has 0 radical (unpaired) electrons. The van der Waals surface area contributed by atoms with E-state index in [1.165, 1.54) is 28.0 Å². The van der Waals surface area contributed by atoms with Gasteiger partial charge in [0.25, 0.3) is 5.69 Å². The lowest BCUT2D eigenvalue weighted by Crippen LogP contribution is -2.22. The first kappa shape index (κ1) is 20.8. The fourth-order valence-corrected chi connectivity index (χ4v) is 5.02. The lowest BCUT2D eigenvalue weighted by molar-refractivity contribution is -0.384. The maximum Gasteiger partial charge on any atom is 0.270 e. The van der Waals surface area contributed by atoms with Gasteiger partial charge in [0.15, 0.2) is 21.7 Å². The number of thiazole rings is 1. The Morgan fingerprint density at radius 2 is 1.94 bits per heavy atom. The largest absolute Gasteiger partial charge is 0.384 e. The van der Waals surface area contributed by atoms with Crippen molar-refractivity contribution in [3.05, 3.63) is 68.7 Å². The standard InChI is InChI=1S/C21H11ClN10O2S/c22-9-1-3-10(4-2-9)26-19-12(8-23)16(24)27-20-15-17(25)30-13-6-5-11(32(33)34)7-14(13)35-21(30)28-18(15)29-31(19)20/h1-7H,24-25H2. The quantitative estimate of drug-likeness (QED) is 0.266. The highest BCUT2D eigenvalue weighted by molar-refractivity contribution is 7.23. The summed E-state index contributed by atoms with van der Waals surface area (Å²) >= 11 is 7.21. The first-order valence-electron chi connectivity index (χ1n) is 9.93. The van der Waals surface area contributed by atoms with Crippen LogP contribution in [0.25, 0.3) is 31.9 Å². The van der Waals surface area contributed by atoms with Gasteiger partial charge in [0.05, 0.1) is 20.8 Å². The molecule has 0 aliphatic carbocycles. The molecule has 0 saturated carbocycles. The molecule has 4 heterocycles. The van der Waals surface area contributed by atoms with Crippen molar-refractivity contribution in [3.8, 4) is 6.07 Å². The fraction of sp³-hybridized carbons (Fsp3) is 0. The van der Waals surface area contributed by atoms with Crippen LogP contribution in [0.15, 0.2) is 47.5 Å². The van der Waals surface area contributed by atoms with Crippen molar-refractivity contribution in [3.63, 3.8) is 0 Å². The minimum Gasteiger partial charge on any atom is -0.384 e. The number of aromatic nitrogens is 5. The molecule has 0 atom stereocenters. The summed E-state index contributed by atoms with van der Waals surface area (Å²) in [6, 6.07) is 13.3. The van der Waals surface area contributed by atoms with E-state index in [9.17, 15) is 15.4 Å². The minimum atomic E-state index is -0.460. The maximum absolute atomic E-state index is 11.2. The van der Waals surface area contributed by atoms with Gasteiger partial charge in [-0.15, -0.1) is 5.10 Å². The van der Waals surface area contributed by atoms with Gasteiger partial charge in [-0.25, -0.2) is 9.98 Å². The van der Waals surface area contributed by atoms with Gasteiger partial charge in [-0.2, -0.15) is 14.8 Å². The van der Waals surface area contributed by atoms with Gasteiger partial charge in [-0.05, 0) is 30.3 Å². The summed E-state index contributed by atoms with van der Waals surface area (Å²) in [6.07, 6.45) is 0. The van der Waals surface area contributed by atoms with Crippen molar-refractivity contribution in [1.29, 1.82) is 5.26 Å². The van der Waals surface area contributed by atoms with Crippen molar-refractivity contribution in [2.45, 2.75) is 0 Å². The van der Waals surface area contributed by atoms with Crippen LogP contribution in [0.5, 0.6) is 0 Å². The van der Waals surface area contributed by atoms with Crippen LogP contribution in [-0.2, 0) is 0 Å².